The molecule has 1 saturated heterocycles. The molecular weight excluding hydrogens is 642 g/mol. The van der Waals surface area contributed by atoms with Crippen LogP contribution in [-0.4, -0.2) is 46.0 Å². The van der Waals surface area contributed by atoms with Gasteiger partial charge < -0.3 is 29.7 Å². The number of rotatable bonds is 10. The maximum atomic E-state index is 14.3. The standard InChI is InChI=1S/C41H49N5O5/c1-9-20(4)14-15-50-34(47)13-12-27-23(7)30-16-28-21(5)25(10-2)32(43-28)17-29-22(6)26(11-3)33(44-29)18-31-24(8)35-39(46-31)36(38(27)45-30)37(40(35)48)41(49)51-19-42/h10,14,16-18,23,27,37,43-46H,2,9,11-13,15,19,42H2,1,3-8H3/b20-14+,29-17-,30-16-,33-18-,38-36-/t23-,27-,37+/m0/s1. The van der Waals surface area contributed by atoms with Crippen molar-refractivity contribution in [3.63, 3.8) is 0 Å². The van der Waals surface area contributed by atoms with E-state index in [0.29, 0.717) is 28.9 Å². The van der Waals surface area contributed by atoms with Crippen LogP contribution in [0.25, 0.3) is 29.9 Å². The van der Waals surface area contributed by atoms with E-state index >= 15 is 0 Å². The summed E-state index contributed by atoms with van der Waals surface area (Å²) in [4.78, 5) is 51.7. The summed E-state index contributed by atoms with van der Waals surface area (Å²) < 4.78 is 10.9. The highest BCUT2D eigenvalue weighted by Crippen LogP contribution is 2.48. The van der Waals surface area contributed by atoms with Crippen LogP contribution < -0.4 is 21.7 Å². The van der Waals surface area contributed by atoms with Gasteiger partial charge in [-0.2, -0.15) is 0 Å². The first-order valence-corrected chi connectivity index (χ1v) is 17.9. The molecule has 1 fully saturated rings. The van der Waals surface area contributed by atoms with E-state index in [9.17, 15) is 14.4 Å². The van der Waals surface area contributed by atoms with Crippen LogP contribution in [0, 0.1) is 38.5 Å². The molecule has 5 heterocycles. The lowest BCUT2D eigenvalue weighted by molar-refractivity contribution is -0.145. The van der Waals surface area contributed by atoms with Gasteiger partial charge in [0.15, 0.2) is 5.78 Å². The minimum absolute atomic E-state index is 0.104. The lowest BCUT2D eigenvalue weighted by Crippen LogP contribution is -2.27. The summed E-state index contributed by atoms with van der Waals surface area (Å²) in [5, 5.41) is 5.57. The molecular formula is C41H49N5O5. The third-order valence-corrected chi connectivity index (χ3v) is 11.0. The average molecular weight is 692 g/mol. The van der Waals surface area contributed by atoms with Gasteiger partial charge in [-0.15, -0.1) is 0 Å². The molecule has 0 aromatic carbocycles. The lowest BCUT2D eigenvalue weighted by Gasteiger charge is -2.20. The zero-order chi connectivity index (χ0) is 36.7. The Morgan fingerprint density at radius 1 is 0.961 bits per heavy atom. The predicted octanol–water partition coefficient (Wildman–Crippen LogP) is 5.33. The highest BCUT2D eigenvalue weighted by Gasteiger charge is 2.48. The number of H-pyrrole nitrogens is 3. The van der Waals surface area contributed by atoms with Crippen LogP contribution in [0.2, 0.25) is 0 Å². The van der Waals surface area contributed by atoms with Gasteiger partial charge in [0.2, 0.25) is 0 Å². The van der Waals surface area contributed by atoms with Gasteiger partial charge in [0, 0.05) is 74.1 Å². The van der Waals surface area contributed by atoms with Crippen LogP contribution in [0.5, 0.6) is 0 Å². The highest BCUT2D eigenvalue weighted by molar-refractivity contribution is 6.24. The summed E-state index contributed by atoms with van der Waals surface area (Å²) in [7, 11) is 0. The fraction of sp³-hybridized carbons (Fsp3) is 0.390. The molecule has 3 aromatic rings. The molecule has 0 radical (unpaired) electrons. The third-order valence-electron chi connectivity index (χ3n) is 11.0. The van der Waals surface area contributed by atoms with Crippen molar-refractivity contribution in [3.8, 4) is 0 Å². The number of hydrogen-bond acceptors (Lipinski definition) is 7. The van der Waals surface area contributed by atoms with Crippen LogP contribution in [-0.2, 0) is 25.5 Å². The predicted molar refractivity (Wildman–Crippen MR) is 200 cm³/mol. The first-order valence-electron chi connectivity index (χ1n) is 17.9. The smallest absolute Gasteiger partial charge is 0.322 e. The Kier molecular flexibility index (Phi) is 9.99. The fourth-order valence-corrected chi connectivity index (χ4v) is 7.81. The van der Waals surface area contributed by atoms with E-state index in [1.54, 1.807) is 0 Å². The van der Waals surface area contributed by atoms with Crippen LogP contribution >= 0.6 is 0 Å². The van der Waals surface area contributed by atoms with Gasteiger partial charge in [-0.25, -0.2) is 0 Å². The van der Waals surface area contributed by atoms with Crippen molar-refractivity contribution in [3.05, 3.63) is 96.5 Å². The number of Topliss-reactive ketones (excluding diaryl/α,β-unsaturated/α-hetero) is 1. The minimum atomic E-state index is -1.21. The minimum Gasteiger partial charge on any atom is -0.461 e. The zero-order valence-electron chi connectivity index (χ0n) is 30.7. The van der Waals surface area contributed by atoms with E-state index in [0.717, 1.165) is 74.1 Å². The Morgan fingerprint density at radius 2 is 1.69 bits per heavy atom. The van der Waals surface area contributed by atoms with Gasteiger partial charge in [-0.3, -0.25) is 20.1 Å². The molecule has 10 heteroatoms. The van der Waals surface area contributed by atoms with E-state index in [2.05, 4.69) is 73.6 Å². The molecule has 0 unspecified atom stereocenters. The van der Waals surface area contributed by atoms with Gasteiger partial charge in [0.05, 0.1) is 5.69 Å². The molecule has 3 atom stereocenters. The number of carbonyl (C=O) groups is 3. The van der Waals surface area contributed by atoms with E-state index in [4.69, 9.17) is 15.2 Å². The molecule has 6 N–H and O–H groups in total. The Balaban J connectivity index is 1.60. The number of nitrogens with two attached hydrogens (primary N) is 1. The van der Waals surface area contributed by atoms with Crippen molar-refractivity contribution in [1.82, 2.24) is 20.3 Å². The summed E-state index contributed by atoms with van der Waals surface area (Å²) in [6.45, 7) is 18.4. The van der Waals surface area contributed by atoms with Crippen molar-refractivity contribution in [2.24, 2.45) is 23.5 Å². The normalized spacial score (nSPS) is 23.1. The summed E-state index contributed by atoms with van der Waals surface area (Å²) >= 11 is 0. The average Bonchev–Trinajstić information content (AvgIpc) is 3.84. The Bertz CT molecular complexity index is 2170. The van der Waals surface area contributed by atoms with Gasteiger partial charge >= 0.3 is 11.9 Å². The second-order valence-electron chi connectivity index (χ2n) is 13.8. The number of aromatic nitrogens is 3. The van der Waals surface area contributed by atoms with Crippen molar-refractivity contribution >= 4 is 47.6 Å². The molecule has 3 aliphatic rings. The van der Waals surface area contributed by atoms with E-state index in [1.165, 1.54) is 5.56 Å². The van der Waals surface area contributed by atoms with E-state index in [-0.39, 0.29) is 43.3 Å². The molecule has 2 aliphatic heterocycles. The van der Waals surface area contributed by atoms with Crippen molar-refractivity contribution in [2.45, 2.75) is 74.1 Å². The molecule has 3 aromatic heterocycles. The van der Waals surface area contributed by atoms with Gasteiger partial charge in [0.1, 0.15) is 19.3 Å². The lowest BCUT2D eigenvalue weighted by atomic mass is 9.85. The Hall–Kier alpha value is -5.09. The largest absolute Gasteiger partial charge is 0.461 e. The SMILES string of the molecule is C=Cc1c2[nH]c(c1C)/C=C1\N/C(=C3\c4[nH]c(c(C)c4C(=O)[C@@H]3C(=O)OCN)/C=c3\[nH]/c(c(C)c3CC)=C\2)[C@@H](CCC(=O)OC/C=C(\C)CC)[C@@H]1C. The summed E-state index contributed by atoms with van der Waals surface area (Å²) in [6.07, 6.45) is 12.3. The summed E-state index contributed by atoms with van der Waals surface area (Å²) in [6, 6.07) is 0. The number of nitrogens with one attached hydrogen (secondary N) is 4. The highest BCUT2D eigenvalue weighted by atomic mass is 16.5. The molecule has 0 saturated carbocycles. The summed E-state index contributed by atoms with van der Waals surface area (Å²) in [5.74, 6) is -2.90. The first-order chi connectivity index (χ1) is 24.4. The molecule has 1 aliphatic carbocycles. The topological polar surface area (TPSA) is 155 Å². The van der Waals surface area contributed by atoms with Crippen LogP contribution in [0.15, 0.2) is 29.6 Å². The van der Waals surface area contributed by atoms with Crippen molar-refractivity contribution in [2.75, 3.05) is 13.3 Å². The fourth-order valence-electron chi connectivity index (χ4n) is 7.81. The molecule has 8 bridgehead atoms. The molecule has 6 rings (SSSR count). The van der Waals surface area contributed by atoms with Crippen LogP contribution in [0.1, 0.15) is 108 Å². The molecule has 0 amide bonds. The number of aromatic amines is 3. The monoisotopic (exact) mass is 691 g/mol. The maximum absolute atomic E-state index is 14.3. The number of fused-ring (bicyclic) bond motifs is 7. The number of carbonyl (C=O) groups excluding carboxylic acids is 3. The maximum Gasteiger partial charge on any atom is 0.322 e. The zero-order valence-corrected chi connectivity index (χ0v) is 30.7. The van der Waals surface area contributed by atoms with E-state index in [1.807, 2.05) is 32.1 Å². The van der Waals surface area contributed by atoms with E-state index < -0.39 is 11.9 Å². The first kappa shape index (κ1) is 35.7. The summed E-state index contributed by atoms with van der Waals surface area (Å²) in [5.41, 5.74) is 17.7. The third kappa shape index (κ3) is 6.26. The Morgan fingerprint density at radius 3 is 2.37 bits per heavy atom. The van der Waals surface area contributed by atoms with Gasteiger partial charge in [-0.05, 0) is 93.5 Å². The number of allylic oxidation sites excluding steroid dienone is 3. The van der Waals surface area contributed by atoms with Crippen LogP contribution in [0.3, 0.4) is 0 Å². The Labute approximate surface area is 298 Å². The number of ether oxygens (including phenoxy) is 2. The quantitative estimate of drug-likeness (QED) is 0.0833. The van der Waals surface area contributed by atoms with Crippen LogP contribution in [0.4, 0.5) is 0 Å². The van der Waals surface area contributed by atoms with Crippen molar-refractivity contribution < 1.29 is 23.9 Å². The number of ketones is 1. The molecule has 51 heavy (non-hydrogen) atoms. The second kappa shape index (κ2) is 14.3. The van der Waals surface area contributed by atoms with Gasteiger partial charge in [0.25, 0.3) is 0 Å². The van der Waals surface area contributed by atoms with Crippen molar-refractivity contribution in [1.29, 1.82) is 0 Å². The second-order valence-corrected chi connectivity index (χ2v) is 13.8. The number of esters is 2. The molecule has 0 spiro atoms. The van der Waals surface area contributed by atoms with Gasteiger partial charge in [-0.1, -0.05) is 39.0 Å². The number of hydrogen-bond donors (Lipinski definition) is 5. The molecule has 268 valence electrons. The molecule has 10 nitrogen and oxygen atoms in total.